The Morgan fingerprint density at radius 1 is 1.33 bits per heavy atom. The number of halogens is 2. The molecule has 2 bridgehead atoms. The molecule has 3 atom stereocenters. The lowest BCUT2D eigenvalue weighted by Gasteiger charge is -2.28. The van der Waals surface area contributed by atoms with Gasteiger partial charge in [0.25, 0.3) is 0 Å². The molecule has 4 rings (SSSR count). The number of likely N-dealkylation sites (tertiary alicyclic amines) is 1. The highest BCUT2D eigenvalue weighted by molar-refractivity contribution is 5.85. The first-order valence-electron chi connectivity index (χ1n) is 9.14. The van der Waals surface area contributed by atoms with E-state index in [1.165, 1.54) is 18.6 Å². The van der Waals surface area contributed by atoms with Gasteiger partial charge in [0.1, 0.15) is 17.7 Å². The van der Waals surface area contributed by atoms with Crippen molar-refractivity contribution in [2.45, 2.75) is 50.7 Å². The highest BCUT2D eigenvalue weighted by Gasteiger charge is 2.35. The van der Waals surface area contributed by atoms with Crippen LogP contribution >= 0.6 is 12.4 Å². The topological polar surface area (TPSA) is 75.9 Å². The van der Waals surface area contributed by atoms with Crippen molar-refractivity contribution in [3.8, 4) is 0 Å². The number of hydrogen-bond acceptors (Lipinski definition) is 5. The van der Waals surface area contributed by atoms with Gasteiger partial charge >= 0.3 is 0 Å². The molecular formula is C18H24ClFN6O. The summed E-state index contributed by atoms with van der Waals surface area (Å²) in [6.07, 6.45) is 3.61. The number of rotatable bonds is 4. The van der Waals surface area contributed by atoms with Gasteiger partial charge in [-0.05, 0) is 54.3 Å². The average Bonchev–Trinajstić information content (AvgIpc) is 3.17. The van der Waals surface area contributed by atoms with Gasteiger partial charge in [-0.2, -0.15) is 0 Å². The molecule has 2 aromatic rings. The largest absolute Gasteiger partial charge is 0.339 e. The van der Waals surface area contributed by atoms with Crippen LogP contribution in [-0.4, -0.2) is 56.2 Å². The Kier molecular flexibility index (Phi) is 6.06. The minimum atomic E-state index is -0.566. The fraction of sp³-hybridized carbons (Fsp3) is 0.556. The normalized spacial score (nSPS) is 22.8. The van der Waals surface area contributed by atoms with Crippen molar-refractivity contribution in [2.75, 3.05) is 13.1 Å². The van der Waals surface area contributed by atoms with E-state index in [1.807, 2.05) is 11.0 Å². The number of amides is 1. The van der Waals surface area contributed by atoms with E-state index in [-0.39, 0.29) is 24.1 Å². The van der Waals surface area contributed by atoms with Crippen molar-refractivity contribution in [1.29, 1.82) is 0 Å². The molecule has 0 saturated carbocycles. The van der Waals surface area contributed by atoms with E-state index in [4.69, 9.17) is 0 Å². The first-order chi connectivity index (χ1) is 12.6. The van der Waals surface area contributed by atoms with Gasteiger partial charge in [-0.25, -0.2) is 9.07 Å². The van der Waals surface area contributed by atoms with E-state index in [9.17, 15) is 9.18 Å². The van der Waals surface area contributed by atoms with Crippen molar-refractivity contribution >= 4 is 18.3 Å². The maximum Gasteiger partial charge on any atom is 0.247 e. The van der Waals surface area contributed by atoms with Crippen LogP contribution in [0.15, 0.2) is 24.3 Å². The van der Waals surface area contributed by atoms with Crippen LogP contribution in [0.2, 0.25) is 0 Å². The first kappa shape index (κ1) is 19.7. The second-order valence-corrected chi connectivity index (χ2v) is 7.23. The Morgan fingerprint density at radius 3 is 2.89 bits per heavy atom. The van der Waals surface area contributed by atoms with Gasteiger partial charge in [0.15, 0.2) is 0 Å². The number of benzene rings is 1. The van der Waals surface area contributed by atoms with Crippen molar-refractivity contribution in [3.63, 3.8) is 0 Å². The summed E-state index contributed by atoms with van der Waals surface area (Å²) in [5, 5.41) is 15.2. The Balaban J connectivity index is 0.00000210. The van der Waals surface area contributed by atoms with Crippen LogP contribution in [0.25, 0.3) is 0 Å². The highest BCUT2D eigenvalue weighted by Crippen LogP contribution is 2.24. The molecule has 2 aliphatic rings. The lowest BCUT2D eigenvalue weighted by molar-refractivity contribution is -0.135. The minimum Gasteiger partial charge on any atom is -0.339 e. The molecule has 0 aliphatic carbocycles. The first-order valence-corrected chi connectivity index (χ1v) is 9.14. The molecule has 2 fully saturated rings. The second kappa shape index (κ2) is 8.31. The molecule has 0 spiro atoms. The van der Waals surface area contributed by atoms with Gasteiger partial charge in [-0.15, -0.1) is 17.5 Å². The molecule has 1 amide bonds. The van der Waals surface area contributed by atoms with E-state index in [0.29, 0.717) is 30.9 Å². The Bertz CT molecular complexity index is 800. The zero-order chi connectivity index (χ0) is 18.1. The third-order valence-corrected chi connectivity index (χ3v) is 5.39. The van der Waals surface area contributed by atoms with Gasteiger partial charge in [0.05, 0.1) is 0 Å². The maximum atomic E-state index is 13.6. The minimum absolute atomic E-state index is 0. The summed E-state index contributed by atoms with van der Waals surface area (Å²) >= 11 is 0. The van der Waals surface area contributed by atoms with Gasteiger partial charge in [0, 0.05) is 31.6 Å². The molecule has 9 heteroatoms. The predicted octanol–water partition coefficient (Wildman–Crippen LogP) is 1.68. The summed E-state index contributed by atoms with van der Waals surface area (Å²) in [5.74, 6) is 0.270. The number of hydrogen-bond donors (Lipinski definition) is 1. The lowest BCUT2D eigenvalue weighted by Crippen LogP contribution is -2.43. The number of aromatic nitrogens is 4. The van der Waals surface area contributed by atoms with Crippen LogP contribution in [0.4, 0.5) is 4.39 Å². The standard InChI is InChI=1S/C18H23FN6O.ClH/c1-12-21-22-23-25(12)17(10-13-3-2-4-14(19)9-13)18(26)24-8-7-15-5-6-16(11-24)20-15;/h2-4,9,15-17,20H,5-8,10-11H2,1H3;1H. The van der Waals surface area contributed by atoms with Gasteiger partial charge < -0.3 is 10.2 Å². The molecule has 2 aliphatic heterocycles. The van der Waals surface area contributed by atoms with Gasteiger partial charge in [-0.3, -0.25) is 4.79 Å². The van der Waals surface area contributed by atoms with E-state index in [0.717, 1.165) is 24.9 Å². The monoisotopic (exact) mass is 394 g/mol. The van der Waals surface area contributed by atoms with Crippen LogP contribution in [-0.2, 0) is 11.2 Å². The molecule has 27 heavy (non-hydrogen) atoms. The third kappa shape index (κ3) is 4.27. The molecule has 1 N–H and O–H groups in total. The SMILES string of the molecule is Cc1nnnn1C(Cc1cccc(F)c1)C(=O)N1CCC2CCC(C1)N2.Cl. The number of nitrogens with one attached hydrogen (secondary N) is 1. The summed E-state index contributed by atoms with van der Waals surface area (Å²) in [6.45, 7) is 3.21. The fourth-order valence-corrected chi connectivity index (χ4v) is 4.05. The highest BCUT2D eigenvalue weighted by atomic mass is 35.5. The molecule has 146 valence electrons. The molecule has 1 aromatic heterocycles. The number of aryl methyl sites for hydroxylation is 1. The number of carbonyl (C=O) groups is 1. The zero-order valence-corrected chi connectivity index (χ0v) is 16.0. The van der Waals surface area contributed by atoms with Crippen LogP contribution in [0.1, 0.15) is 36.7 Å². The average molecular weight is 395 g/mol. The van der Waals surface area contributed by atoms with Crippen molar-refractivity contribution in [2.24, 2.45) is 0 Å². The number of carbonyl (C=O) groups excluding carboxylic acids is 1. The third-order valence-electron chi connectivity index (χ3n) is 5.39. The molecule has 3 heterocycles. The summed E-state index contributed by atoms with van der Waals surface area (Å²) in [6, 6.07) is 6.66. The van der Waals surface area contributed by atoms with Crippen molar-refractivity contribution in [1.82, 2.24) is 30.4 Å². The van der Waals surface area contributed by atoms with Crippen LogP contribution in [0, 0.1) is 12.7 Å². The van der Waals surface area contributed by atoms with E-state index < -0.39 is 6.04 Å². The smallest absolute Gasteiger partial charge is 0.247 e. The van der Waals surface area contributed by atoms with Crippen molar-refractivity contribution < 1.29 is 9.18 Å². The van der Waals surface area contributed by atoms with Crippen molar-refractivity contribution in [3.05, 3.63) is 41.5 Å². The number of tetrazole rings is 1. The molecule has 1 aromatic carbocycles. The van der Waals surface area contributed by atoms with Gasteiger partial charge in [-0.1, -0.05) is 12.1 Å². The molecule has 7 nitrogen and oxygen atoms in total. The fourth-order valence-electron chi connectivity index (χ4n) is 4.05. The van der Waals surface area contributed by atoms with Crippen LogP contribution < -0.4 is 5.32 Å². The number of nitrogens with zero attached hydrogens (tertiary/aromatic N) is 5. The second-order valence-electron chi connectivity index (χ2n) is 7.23. The van der Waals surface area contributed by atoms with Crippen LogP contribution in [0.5, 0.6) is 0 Å². The summed E-state index contributed by atoms with van der Waals surface area (Å²) in [4.78, 5) is 15.3. The summed E-state index contributed by atoms with van der Waals surface area (Å²) in [5.41, 5.74) is 0.757. The predicted molar refractivity (Wildman–Crippen MR) is 100 cm³/mol. The quantitative estimate of drug-likeness (QED) is 0.853. The van der Waals surface area contributed by atoms with Crippen LogP contribution in [0.3, 0.4) is 0 Å². The molecule has 2 saturated heterocycles. The molecule has 0 radical (unpaired) electrons. The Morgan fingerprint density at radius 2 is 2.15 bits per heavy atom. The zero-order valence-electron chi connectivity index (χ0n) is 15.2. The van der Waals surface area contributed by atoms with E-state index in [2.05, 4.69) is 20.8 Å². The van der Waals surface area contributed by atoms with E-state index >= 15 is 0 Å². The molecular weight excluding hydrogens is 371 g/mol. The van der Waals surface area contributed by atoms with E-state index in [1.54, 1.807) is 17.7 Å². The number of fused-ring (bicyclic) bond motifs is 2. The molecule has 3 unspecified atom stereocenters. The lowest BCUT2D eigenvalue weighted by atomic mass is 10.0. The summed E-state index contributed by atoms with van der Waals surface area (Å²) < 4.78 is 15.2. The Hall–Kier alpha value is -2.06. The summed E-state index contributed by atoms with van der Waals surface area (Å²) in [7, 11) is 0. The Labute approximate surface area is 163 Å². The maximum absolute atomic E-state index is 13.6. The van der Waals surface area contributed by atoms with Gasteiger partial charge in [0.2, 0.25) is 5.91 Å².